The molecule has 116 valence electrons. The van der Waals surface area contributed by atoms with Gasteiger partial charge in [0.2, 0.25) is 5.91 Å². The zero-order valence-corrected chi connectivity index (χ0v) is 13.3. The Morgan fingerprint density at radius 1 is 1.33 bits per heavy atom. The number of likely N-dealkylation sites (N-methyl/N-ethyl adjacent to an activating group) is 1. The minimum atomic E-state index is -0.0612. The van der Waals surface area contributed by atoms with Crippen molar-refractivity contribution in [3.63, 3.8) is 0 Å². The molecule has 2 atom stereocenters. The number of amides is 1. The highest BCUT2D eigenvalue weighted by molar-refractivity contribution is 5.80. The Kier molecular flexibility index (Phi) is 5.76. The summed E-state index contributed by atoms with van der Waals surface area (Å²) in [5.41, 5.74) is 2.45. The summed E-state index contributed by atoms with van der Waals surface area (Å²) in [5, 5.41) is 3.36. The van der Waals surface area contributed by atoms with Crippen LogP contribution >= 0.6 is 0 Å². The van der Waals surface area contributed by atoms with Gasteiger partial charge >= 0.3 is 0 Å². The monoisotopic (exact) mass is 290 g/mol. The van der Waals surface area contributed by atoms with E-state index in [4.69, 9.17) is 4.74 Å². The van der Waals surface area contributed by atoms with Gasteiger partial charge in [0.15, 0.2) is 0 Å². The molecule has 1 saturated heterocycles. The number of ether oxygens (including phenoxy) is 1. The average molecular weight is 290 g/mol. The third-order valence-corrected chi connectivity index (χ3v) is 4.18. The van der Waals surface area contributed by atoms with Crippen molar-refractivity contribution in [2.75, 3.05) is 26.3 Å². The number of rotatable bonds is 6. The molecule has 0 saturated carbocycles. The highest BCUT2D eigenvalue weighted by atomic mass is 16.5. The van der Waals surface area contributed by atoms with Crippen LogP contribution in [0.3, 0.4) is 0 Å². The molecule has 4 nitrogen and oxygen atoms in total. The standard InChI is InChI=1S/C17H26N2O2/c1-4-18-16-12-21-11-15(16)17(20)19(5-2)10-14-9-7-6-8-13(14)3/h6-9,15-16,18H,4-5,10-12H2,1-3H3. The minimum absolute atomic E-state index is 0.0612. The van der Waals surface area contributed by atoms with Crippen LogP contribution in [0.4, 0.5) is 0 Å². The van der Waals surface area contributed by atoms with E-state index >= 15 is 0 Å². The third kappa shape index (κ3) is 3.83. The Balaban J connectivity index is 2.06. The maximum Gasteiger partial charge on any atom is 0.229 e. The van der Waals surface area contributed by atoms with E-state index in [1.165, 1.54) is 11.1 Å². The summed E-state index contributed by atoms with van der Waals surface area (Å²) in [6, 6.07) is 8.39. The van der Waals surface area contributed by atoms with E-state index in [1.54, 1.807) is 0 Å². The van der Waals surface area contributed by atoms with Crippen LogP contribution < -0.4 is 5.32 Å². The van der Waals surface area contributed by atoms with Gasteiger partial charge in [0, 0.05) is 19.1 Å². The Hall–Kier alpha value is -1.39. The lowest BCUT2D eigenvalue weighted by molar-refractivity contribution is -0.136. The lowest BCUT2D eigenvalue weighted by atomic mass is 10.0. The van der Waals surface area contributed by atoms with E-state index in [1.807, 2.05) is 24.0 Å². The van der Waals surface area contributed by atoms with Gasteiger partial charge in [0.1, 0.15) is 0 Å². The van der Waals surface area contributed by atoms with Gasteiger partial charge in [-0.2, -0.15) is 0 Å². The van der Waals surface area contributed by atoms with Crippen LogP contribution in [0.1, 0.15) is 25.0 Å². The fraction of sp³-hybridized carbons (Fsp3) is 0.588. The number of hydrogen-bond acceptors (Lipinski definition) is 3. The van der Waals surface area contributed by atoms with E-state index in [9.17, 15) is 4.79 Å². The molecule has 1 aliphatic heterocycles. The summed E-state index contributed by atoms with van der Waals surface area (Å²) in [6.07, 6.45) is 0. The number of aryl methyl sites for hydroxylation is 1. The molecule has 21 heavy (non-hydrogen) atoms. The van der Waals surface area contributed by atoms with E-state index in [2.05, 4.69) is 31.3 Å². The van der Waals surface area contributed by atoms with Crippen molar-refractivity contribution in [3.8, 4) is 0 Å². The van der Waals surface area contributed by atoms with E-state index in [0.29, 0.717) is 19.8 Å². The highest BCUT2D eigenvalue weighted by Gasteiger charge is 2.35. The van der Waals surface area contributed by atoms with E-state index in [-0.39, 0.29) is 17.9 Å². The second-order valence-corrected chi connectivity index (χ2v) is 5.59. The minimum Gasteiger partial charge on any atom is -0.379 e. The van der Waals surface area contributed by atoms with Gasteiger partial charge in [-0.1, -0.05) is 31.2 Å². The predicted molar refractivity (Wildman–Crippen MR) is 84.0 cm³/mol. The third-order valence-electron chi connectivity index (χ3n) is 4.18. The molecule has 0 spiro atoms. The molecular formula is C17H26N2O2. The first-order valence-electron chi connectivity index (χ1n) is 7.81. The molecule has 0 bridgehead atoms. The summed E-state index contributed by atoms with van der Waals surface area (Å²) in [4.78, 5) is 14.7. The normalized spacial score (nSPS) is 21.5. The van der Waals surface area contributed by atoms with Crippen molar-refractivity contribution in [2.24, 2.45) is 5.92 Å². The Morgan fingerprint density at radius 2 is 2.10 bits per heavy atom. The molecule has 2 rings (SSSR count). The summed E-state index contributed by atoms with van der Waals surface area (Å²) in [6.45, 7) is 9.61. The van der Waals surface area contributed by atoms with Gasteiger partial charge in [0.05, 0.1) is 19.1 Å². The molecule has 1 fully saturated rings. The summed E-state index contributed by atoms with van der Waals surface area (Å²) < 4.78 is 5.50. The van der Waals surface area contributed by atoms with Crippen molar-refractivity contribution in [2.45, 2.75) is 33.4 Å². The van der Waals surface area contributed by atoms with Gasteiger partial charge in [0.25, 0.3) is 0 Å². The molecule has 2 unspecified atom stereocenters. The first-order chi connectivity index (χ1) is 10.2. The molecule has 0 aromatic heterocycles. The Morgan fingerprint density at radius 3 is 2.76 bits per heavy atom. The Bertz CT molecular complexity index is 476. The van der Waals surface area contributed by atoms with Crippen LogP contribution in [-0.4, -0.2) is 43.2 Å². The first-order valence-corrected chi connectivity index (χ1v) is 7.81. The fourth-order valence-corrected chi connectivity index (χ4v) is 2.83. The highest BCUT2D eigenvalue weighted by Crippen LogP contribution is 2.19. The summed E-state index contributed by atoms with van der Waals surface area (Å²) in [7, 11) is 0. The molecule has 0 radical (unpaired) electrons. The van der Waals surface area contributed by atoms with Crippen LogP contribution in [0.5, 0.6) is 0 Å². The lowest BCUT2D eigenvalue weighted by Gasteiger charge is -2.27. The number of nitrogens with zero attached hydrogens (tertiary/aromatic N) is 1. The quantitative estimate of drug-likeness (QED) is 0.871. The zero-order chi connectivity index (χ0) is 15.2. The molecule has 1 aromatic rings. The molecular weight excluding hydrogens is 264 g/mol. The largest absolute Gasteiger partial charge is 0.379 e. The molecule has 1 heterocycles. The Labute approximate surface area is 127 Å². The van der Waals surface area contributed by atoms with Crippen molar-refractivity contribution >= 4 is 5.91 Å². The zero-order valence-electron chi connectivity index (χ0n) is 13.3. The van der Waals surface area contributed by atoms with Crippen molar-refractivity contribution in [1.29, 1.82) is 0 Å². The number of benzene rings is 1. The van der Waals surface area contributed by atoms with Crippen molar-refractivity contribution in [3.05, 3.63) is 35.4 Å². The van der Waals surface area contributed by atoms with Gasteiger partial charge in [-0.3, -0.25) is 4.79 Å². The lowest BCUT2D eigenvalue weighted by Crippen LogP contribution is -2.45. The topological polar surface area (TPSA) is 41.6 Å². The molecule has 1 amide bonds. The summed E-state index contributed by atoms with van der Waals surface area (Å²) >= 11 is 0. The first kappa shape index (κ1) is 16.0. The maximum atomic E-state index is 12.8. The van der Waals surface area contributed by atoms with Gasteiger partial charge in [-0.15, -0.1) is 0 Å². The second-order valence-electron chi connectivity index (χ2n) is 5.59. The number of nitrogens with one attached hydrogen (secondary N) is 1. The van der Waals surface area contributed by atoms with Crippen LogP contribution in [-0.2, 0) is 16.1 Å². The number of carbonyl (C=O) groups is 1. The number of hydrogen-bond donors (Lipinski definition) is 1. The fourth-order valence-electron chi connectivity index (χ4n) is 2.83. The maximum absolute atomic E-state index is 12.8. The predicted octanol–water partition coefficient (Wildman–Crippen LogP) is 1.97. The van der Waals surface area contributed by atoms with Crippen molar-refractivity contribution < 1.29 is 9.53 Å². The van der Waals surface area contributed by atoms with Crippen molar-refractivity contribution in [1.82, 2.24) is 10.2 Å². The molecule has 4 heteroatoms. The van der Waals surface area contributed by atoms with Crippen LogP contribution in [0.15, 0.2) is 24.3 Å². The van der Waals surface area contributed by atoms with Gasteiger partial charge in [-0.25, -0.2) is 0 Å². The van der Waals surface area contributed by atoms with Crippen LogP contribution in [0.2, 0.25) is 0 Å². The number of carbonyl (C=O) groups excluding carboxylic acids is 1. The molecule has 1 aliphatic rings. The van der Waals surface area contributed by atoms with Crippen LogP contribution in [0.25, 0.3) is 0 Å². The SMILES string of the molecule is CCNC1COCC1C(=O)N(CC)Cc1ccccc1C. The van der Waals surface area contributed by atoms with Gasteiger partial charge in [-0.05, 0) is 31.5 Å². The molecule has 0 aliphatic carbocycles. The average Bonchev–Trinajstić information content (AvgIpc) is 2.94. The van der Waals surface area contributed by atoms with Crippen LogP contribution in [0, 0.1) is 12.8 Å². The molecule has 1 aromatic carbocycles. The summed E-state index contributed by atoms with van der Waals surface area (Å²) in [5.74, 6) is 0.137. The van der Waals surface area contributed by atoms with E-state index < -0.39 is 0 Å². The second kappa shape index (κ2) is 7.57. The molecule has 1 N–H and O–H groups in total. The van der Waals surface area contributed by atoms with Gasteiger partial charge < -0.3 is 15.0 Å². The van der Waals surface area contributed by atoms with E-state index in [0.717, 1.165) is 13.1 Å². The smallest absolute Gasteiger partial charge is 0.229 e.